The Labute approximate surface area is 114 Å². The van der Waals surface area contributed by atoms with Gasteiger partial charge in [-0.3, -0.25) is 5.10 Å². The van der Waals surface area contributed by atoms with Gasteiger partial charge in [0.1, 0.15) is 0 Å². The van der Waals surface area contributed by atoms with E-state index in [2.05, 4.69) is 54.5 Å². The SMILES string of the molecule is Cc1ccc(-c2n[nH]c(C3CCCN3)c2C)cc1C. The molecule has 0 radical (unpaired) electrons. The Balaban J connectivity index is 1.99. The lowest BCUT2D eigenvalue weighted by atomic mass is 10.00. The topological polar surface area (TPSA) is 40.7 Å². The van der Waals surface area contributed by atoms with E-state index in [4.69, 9.17) is 0 Å². The molecule has 3 nitrogen and oxygen atoms in total. The largest absolute Gasteiger partial charge is 0.309 e. The van der Waals surface area contributed by atoms with Gasteiger partial charge >= 0.3 is 0 Å². The highest BCUT2D eigenvalue weighted by molar-refractivity contribution is 5.65. The molecule has 1 fully saturated rings. The van der Waals surface area contributed by atoms with Crippen molar-refractivity contribution < 1.29 is 0 Å². The Morgan fingerprint density at radius 1 is 1.16 bits per heavy atom. The normalized spacial score (nSPS) is 19.0. The second kappa shape index (κ2) is 4.82. The summed E-state index contributed by atoms with van der Waals surface area (Å²) >= 11 is 0. The van der Waals surface area contributed by atoms with Gasteiger partial charge in [-0.05, 0) is 62.9 Å². The second-order valence-electron chi connectivity index (χ2n) is 5.56. The Bertz CT molecular complexity index is 592. The molecule has 1 unspecified atom stereocenters. The number of hydrogen-bond acceptors (Lipinski definition) is 2. The van der Waals surface area contributed by atoms with Crippen molar-refractivity contribution in [2.45, 2.75) is 39.7 Å². The number of aromatic nitrogens is 2. The van der Waals surface area contributed by atoms with E-state index in [9.17, 15) is 0 Å². The highest BCUT2D eigenvalue weighted by Gasteiger charge is 2.22. The van der Waals surface area contributed by atoms with Crippen molar-refractivity contribution >= 4 is 0 Å². The zero-order valence-corrected chi connectivity index (χ0v) is 11.9. The molecule has 2 heterocycles. The highest BCUT2D eigenvalue weighted by Crippen LogP contribution is 2.30. The summed E-state index contributed by atoms with van der Waals surface area (Å²) in [4.78, 5) is 0. The van der Waals surface area contributed by atoms with Gasteiger partial charge in [-0.1, -0.05) is 12.1 Å². The van der Waals surface area contributed by atoms with Gasteiger partial charge < -0.3 is 5.32 Å². The molecule has 0 bridgehead atoms. The summed E-state index contributed by atoms with van der Waals surface area (Å²) in [6.07, 6.45) is 2.46. The number of nitrogens with one attached hydrogen (secondary N) is 2. The lowest BCUT2D eigenvalue weighted by Crippen LogP contribution is -2.14. The first kappa shape index (κ1) is 12.4. The molecule has 19 heavy (non-hydrogen) atoms. The Morgan fingerprint density at radius 2 is 2.00 bits per heavy atom. The van der Waals surface area contributed by atoms with Crippen LogP contribution in [-0.4, -0.2) is 16.7 Å². The maximum Gasteiger partial charge on any atom is 0.0953 e. The van der Waals surface area contributed by atoms with E-state index in [0.717, 1.165) is 12.2 Å². The molecular formula is C16H21N3. The standard InChI is InChI=1S/C16H21N3/c1-10-6-7-13(9-11(10)2)15-12(3)16(19-18-15)14-5-4-8-17-14/h6-7,9,14,17H,4-5,8H2,1-3H3,(H,18,19). The third-order valence-corrected chi connectivity index (χ3v) is 4.24. The van der Waals surface area contributed by atoms with Gasteiger partial charge in [0.2, 0.25) is 0 Å². The minimum absolute atomic E-state index is 0.452. The Kier molecular flexibility index (Phi) is 3.15. The van der Waals surface area contributed by atoms with Crippen LogP contribution in [0, 0.1) is 20.8 Å². The molecule has 0 saturated carbocycles. The van der Waals surface area contributed by atoms with Gasteiger partial charge in [-0.15, -0.1) is 0 Å². The summed E-state index contributed by atoms with van der Waals surface area (Å²) < 4.78 is 0. The third kappa shape index (κ3) is 2.19. The monoisotopic (exact) mass is 255 g/mol. The predicted molar refractivity (Wildman–Crippen MR) is 78.2 cm³/mol. The fourth-order valence-corrected chi connectivity index (χ4v) is 2.85. The van der Waals surface area contributed by atoms with Crippen molar-refractivity contribution in [1.29, 1.82) is 0 Å². The fraction of sp³-hybridized carbons (Fsp3) is 0.438. The number of H-pyrrole nitrogens is 1. The van der Waals surface area contributed by atoms with E-state index in [1.165, 1.54) is 40.8 Å². The van der Waals surface area contributed by atoms with Gasteiger partial charge in [-0.2, -0.15) is 5.10 Å². The maximum absolute atomic E-state index is 4.54. The minimum atomic E-state index is 0.452. The molecule has 3 heteroatoms. The van der Waals surface area contributed by atoms with E-state index >= 15 is 0 Å². The number of rotatable bonds is 2. The highest BCUT2D eigenvalue weighted by atomic mass is 15.1. The fourth-order valence-electron chi connectivity index (χ4n) is 2.85. The van der Waals surface area contributed by atoms with Crippen LogP contribution in [0.25, 0.3) is 11.3 Å². The van der Waals surface area contributed by atoms with E-state index in [1.807, 2.05) is 0 Å². The average molecular weight is 255 g/mol. The number of aromatic amines is 1. The van der Waals surface area contributed by atoms with Crippen LogP contribution >= 0.6 is 0 Å². The quantitative estimate of drug-likeness (QED) is 0.863. The molecule has 3 rings (SSSR count). The molecule has 2 N–H and O–H groups in total. The Hall–Kier alpha value is -1.61. The van der Waals surface area contributed by atoms with Gasteiger partial charge in [0.05, 0.1) is 11.4 Å². The first-order valence-electron chi connectivity index (χ1n) is 7.02. The summed E-state index contributed by atoms with van der Waals surface area (Å²) in [7, 11) is 0. The number of benzene rings is 1. The molecule has 1 saturated heterocycles. The molecule has 1 aliphatic heterocycles. The maximum atomic E-state index is 4.54. The van der Waals surface area contributed by atoms with Crippen LogP contribution in [0.4, 0.5) is 0 Å². The van der Waals surface area contributed by atoms with Crippen LogP contribution in [-0.2, 0) is 0 Å². The van der Waals surface area contributed by atoms with Crippen LogP contribution in [0.2, 0.25) is 0 Å². The molecule has 1 atom stereocenters. The van der Waals surface area contributed by atoms with Crippen LogP contribution in [0.1, 0.15) is 41.3 Å². The second-order valence-corrected chi connectivity index (χ2v) is 5.56. The third-order valence-electron chi connectivity index (χ3n) is 4.24. The van der Waals surface area contributed by atoms with Crippen molar-refractivity contribution in [2.75, 3.05) is 6.54 Å². The number of aryl methyl sites for hydroxylation is 2. The molecule has 0 amide bonds. The van der Waals surface area contributed by atoms with E-state index in [0.29, 0.717) is 6.04 Å². The lowest BCUT2D eigenvalue weighted by Gasteiger charge is -2.09. The molecule has 1 aliphatic rings. The molecule has 1 aromatic heterocycles. The van der Waals surface area contributed by atoms with Crippen molar-refractivity contribution in [1.82, 2.24) is 15.5 Å². The lowest BCUT2D eigenvalue weighted by molar-refractivity contribution is 0.622. The average Bonchev–Trinajstić information content (AvgIpc) is 3.02. The molecule has 1 aromatic carbocycles. The van der Waals surface area contributed by atoms with Crippen LogP contribution in [0.15, 0.2) is 18.2 Å². The van der Waals surface area contributed by atoms with Gasteiger partial charge in [0.25, 0.3) is 0 Å². The first-order valence-corrected chi connectivity index (χ1v) is 7.02. The first-order chi connectivity index (χ1) is 9.16. The molecule has 2 aromatic rings. The van der Waals surface area contributed by atoms with Crippen molar-refractivity contribution in [3.63, 3.8) is 0 Å². The van der Waals surface area contributed by atoms with E-state index in [-0.39, 0.29) is 0 Å². The zero-order chi connectivity index (χ0) is 13.4. The van der Waals surface area contributed by atoms with Crippen molar-refractivity contribution in [3.8, 4) is 11.3 Å². The van der Waals surface area contributed by atoms with Crippen LogP contribution in [0.5, 0.6) is 0 Å². The molecule has 0 aliphatic carbocycles. The van der Waals surface area contributed by atoms with Gasteiger partial charge in [0.15, 0.2) is 0 Å². The van der Waals surface area contributed by atoms with Crippen molar-refractivity contribution in [3.05, 3.63) is 40.6 Å². The minimum Gasteiger partial charge on any atom is -0.309 e. The molecule has 0 spiro atoms. The van der Waals surface area contributed by atoms with Gasteiger partial charge in [0, 0.05) is 11.6 Å². The van der Waals surface area contributed by atoms with Gasteiger partial charge in [-0.25, -0.2) is 0 Å². The van der Waals surface area contributed by atoms with Crippen molar-refractivity contribution in [2.24, 2.45) is 0 Å². The summed E-state index contributed by atoms with van der Waals surface area (Å²) in [5.41, 5.74) is 7.48. The zero-order valence-electron chi connectivity index (χ0n) is 11.9. The van der Waals surface area contributed by atoms with Crippen LogP contribution < -0.4 is 5.32 Å². The smallest absolute Gasteiger partial charge is 0.0953 e. The number of nitrogens with zero attached hydrogens (tertiary/aromatic N) is 1. The summed E-state index contributed by atoms with van der Waals surface area (Å²) in [5.74, 6) is 0. The molecule has 100 valence electrons. The summed E-state index contributed by atoms with van der Waals surface area (Å²) in [5, 5.41) is 11.3. The van der Waals surface area contributed by atoms with E-state index in [1.54, 1.807) is 0 Å². The predicted octanol–water partition coefficient (Wildman–Crippen LogP) is 3.43. The number of hydrogen-bond donors (Lipinski definition) is 2. The molecular weight excluding hydrogens is 234 g/mol. The van der Waals surface area contributed by atoms with E-state index < -0.39 is 0 Å². The van der Waals surface area contributed by atoms with Crippen LogP contribution in [0.3, 0.4) is 0 Å². The Morgan fingerprint density at radius 3 is 2.68 bits per heavy atom. The summed E-state index contributed by atoms with van der Waals surface area (Å²) in [6, 6.07) is 7.02. The summed E-state index contributed by atoms with van der Waals surface area (Å²) in [6.45, 7) is 7.58.